The topological polar surface area (TPSA) is 0 Å². The van der Waals surface area contributed by atoms with Gasteiger partial charge in [-0.1, -0.05) is 19.9 Å². The molecule has 0 radical (unpaired) electrons. The minimum atomic E-state index is -0.0735. The summed E-state index contributed by atoms with van der Waals surface area (Å²) in [6.07, 6.45) is 0.824. The van der Waals surface area contributed by atoms with E-state index in [9.17, 15) is 4.39 Å². The molecule has 0 spiro atoms. The summed E-state index contributed by atoms with van der Waals surface area (Å²) in [6, 6.07) is 5.22. The first kappa shape index (κ1) is 9.96. The highest BCUT2D eigenvalue weighted by Crippen LogP contribution is 2.19. The predicted molar refractivity (Wildman–Crippen MR) is 57.7 cm³/mol. The lowest BCUT2D eigenvalue weighted by molar-refractivity contribution is 0.572. The molecule has 0 unspecified atom stereocenters. The number of hydrogen-bond donors (Lipinski definition) is 0. The monoisotopic (exact) mass is 278 g/mol. The second kappa shape index (κ2) is 4.21. The van der Waals surface area contributed by atoms with Crippen molar-refractivity contribution >= 4 is 22.6 Å². The molecule has 0 aromatic heterocycles. The van der Waals surface area contributed by atoms with E-state index in [0.717, 1.165) is 15.6 Å². The Kier molecular flexibility index (Phi) is 3.50. The largest absolute Gasteiger partial charge is 0.207 e. The van der Waals surface area contributed by atoms with Gasteiger partial charge in [0.2, 0.25) is 0 Å². The summed E-state index contributed by atoms with van der Waals surface area (Å²) in [6.45, 7) is 4.20. The average Bonchev–Trinajstić information content (AvgIpc) is 1.97. The van der Waals surface area contributed by atoms with Gasteiger partial charge in [-0.05, 0) is 47.1 Å². The van der Waals surface area contributed by atoms with E-state index >= 15 is 0 Å². The lowest BCUT2D eigenvalue weighted by Gasteiger charge is -2.07. The highest BCUT2D eigenvalue weighted by molar-refractivity contribution is 14.1. The lowest BCUT2D eigenvalue weighted by atomic mass is 10.0. The molecule has 0 saturated carbocycles. The van der Waals surface area contributed by atoms with Crippen LogP contribution in [-0.4, -0.2) is 0 Å². The van der Waals surface area contributed by atoms with E-state index in [4.69, 9.17) is 0 Å². The second-order valence-electron chi connectivity index (χ2n) is 3.30. The first-order chi connectivity index (χ1) is 5.61. The van der Waals surface area contributed by atoms with Crippen molar-refractivity contribution in [3.8, 4) is 0 Å². The van der Waals surface area contributed by atoms with Gasteiger partial charge in [0.05, 0.1) is 0 Å². The third-order valence-corrected chi connectivity index (χ3v) is 2.68. The predicted octanol–water partition coefficient (Wildman–Crippen LogP) is 3.63. The first-order valence-corrected chi connectivity index (χ1v) is 5.12. The van der Waals surface area contributed by atoms with Gasteiger partial charge in [0, 0.05) is 9.13 Å². The van der Waals surface area contributed by atoms with Gasteiger partial charge in [-0.3, -0.25) is 0 Å². The molecular weight excluding hydrogens is 266 g/mol. The van der Waals surface area contributed by atoms with Crippen LogP contribution in [0.5, 0.6) is 0 Å². The van der Waals surface area contributed by atoms with Crippen molar-refractivity contribution in [2.24, 2.45) is 5.92 Å². The van der Waals surface area contributed by atoms with Gasteiger partial charge < -0.3 is 0 Å². The van der Waals surface area contributed by atoms with Gasteiger partial charge in [-0.25, -0.2) is 4.39 Å². The van der Waals surface area contributed by atoms with Crippen LogP contribution in [-0.2, 0) is 6.42 Å². The fraction of sp³-hybridized carbons (Fsp3) is 0.400. The smallest absolute Gasteiger partial charge is 0.127 e. The van der Waals surface area contributed by atoms with E-state index in [-0.39, 0.29) is 5.82 Å². The van der Waals surface area contributed by atoms with Gasteiger partial charge in [-0.2, -0.15) is 0 Å². The Morgan fingerprint density at radius 2 is 2.08 bits per heavy atom. The van der Waals surface area contributed by atoms with Crippen molar-refractivity contribution in [1.29, 1.82) is 0 Å². The van der Waals surface area contributed by atoms with Crippen LogP contribution in [0.2, 0.25) is 0 Å². The van der Waals surface area contributed by atoms with E-state index in [1.165, 1.54) is 6.07 Å². The van der Waals surface area contributed by atoms with Crippen LogP contribution in [0.15, 0.2) is 18.2 Å². The van der Waals surface area contributed by atoms with Crippen molar-refractivity contribution in [3.05, 3.63) is 33.1 Å². The van der Waals surface area contributed by atoms with Gasteiger partial charge >= 0.3 is 0 Å². The molecule has 0 aliphatic carbocycles. The van der Waals surface area contributed by atoms with Crippen LogP contribution in [0.25, 0.3) is 0 Å². The average molecular weight is 278 g/mol. The standard InChI is InChI=1S/C10H12FI/c1-7(2)6-8-9(11)4-3-5-10(8)12/h3-5,7H,6H2,1-2H3. The van der Waals surface area contributed by atoms with Gasteiger partial charge in [0.1, 0.15) is 5.82 Å². The second-order valence-corrected chi connectivity index (χ2v) is 4.46. The normalized spacial score (nSPS) is 10.8. The van der Waals surface area contributed by atoms with Crippen molar-refractivity contribution in [2.75, 3.05) is 0 Å². The number of halogens is 2. The quantitative estimate of drug-likeness (QED) is 0.725. The summed E-state index contributed by atoms with van der Waals surface area (Å²) >= 11 is 2.18. The van der Waals surface area contributed by atoms with Gasteiger partial charge in [0.25, 0.3) is 0 Å². The molecule has 12 heavy (non-hydrogen) atoms. The van der Waals surface area contributed by atoms with E-state index in [2.05, 4.69) is 36.4 Å². The third-order valence-electron chi connectivity index (χ3n) is 1.67. The van der Waals surface area contributed by atoms with Gasteiger partial charge in [0.15, 0.2) is 0 Å². The molecule has 1 aromatic rings. The van der Waals surface area contributed by atoms with E-state index in [0.29, 0.717) is 5.92 Å². The Morgan fingerprint density at radius 3 is 2.58 bits per heavy atom. The summed E-state index contributed by atoms with van der Waals surface area (Å²) in [5, 5.41) is 0. The maximum atomic E-state index is 13.2. The maximum absolute atomic E-state index is 13.2. The minimum Gasteiger partial charge on any atom is -0.207 e. The van der Waals surface area contributed by atoms with Crippen LogP contribution in [0, 0.1) is 15.3 Å². The van der Waals surface area contributed by atoms with Crippen LogP contribution in [0.3, 0.4) is 0 Å². The van der Waals surface area contributed by atoms with E-state index < -0.39 is 0 Å². The number of benzene rings is 1. The van der Waals surface area contributed by atoms with Crippen molar-refractivity contribution in [1.82, 2.24) is 0 Å². The highest BCUT2D eigenvalue weighted by atomic mass is 127. The van der Waals surface area contributed by atoms with Crippen LogP contribution < -0.4 is 0 Å². The Hall–Kier alpha value is -0.120. The lowest BCUT2D eigenvalue weighted by Crippen LogP contribution is -1.99. The number of rotatable bonds is 2. The molecular formula is C10H12FI. The zero-order valence-corrected chi connectivity index (χ0v) is 9.43. The molecule has 0 atom stereocenters. The molecule has 0 fully saturated rings. The summed E-state index contributed by atoms with van der Waals surface area (Å²) < 4.78 is 14.2. The summed E-state index contributed by atoms with van der Waals surface area (Å²) in [5.41, 5.74) is 0.855. The molecule has 1 aromatic carbocycles. The van der Waals surface area contributed by atoms with E-state index in [1.807, 2.05) is 6.07 Å². The minimum absolute atomic E-state index is 0.0735. The maximum Gasteiger partial charge on any atom is 0.127 e. The molecule has 0 saturated heterocycles. The van der Waals surface area contributed by atoms with Crippen LogP contribution >= 0.6 is 22.6 Å². The Morgan fingerprint density at radius 1 is 1.42 bits per heavy atom. The first-order valence-electron chi connectivity index (χ1n) is 4.04. The molecule has 0 N–H and O–H groups in total. The van der Waals surface area contributed by atoms with E-state index in [1.54, 1.807) is 6.07 Å². The Labute approximate surface area is 86.3 Å². The molecule has 1 rings (SSSR count). The summed E-state index contributed by atoms with van der Waals surface area (Å²) in [4.78, 5) is 0. The molecule has 0 aliphatic heterocycles. The molecule has 0 heterocycles. The van der Waals surface area contributed by atoms with Crippen LogP contribution in [0.4, 0.5) is 4.39 Å². The van der Waals surface area contributed by atoms with Gasteiger partial charge in [-0.15, -0.1) is 0 Å². The molecule has 0 nitrogen and oxygen atoms in total. The fourth-order valence-corrected chi connectivity index (χ4v) is 1.82. The molecule has 0 bridgehead atoms. The van der Waals surface area contributed by atoms with Crippen molar-refractivity contribution in [2.45, 2.75) is 20.3 Å². The molecule has 0 amide bonds. The number of hydrogen-bond acceptors (Lipinski definition) is 0. The summed E-state index contributed by atoms with van der Waals surface area (Å²) in [5.74, 6) is 0.436. The molecule has 2 heteroatoms. The zero-order valence-electron chi connectivity index (χ0n) is 7.27. The highest BCUT2D eigenvalue weighted by Gasteiger charge is 2.07. The SMILES string of the molecule is CC(C)Cc1c(F)cccc1I. The fourth-order valence-electron chi connectivity index (χ4n) is 1.14. The zero-order chi connectivity index (χ0) is 9.14. The van der Waals surface area contributed by atoms with Crippen LogP contribution in [0.1, 0.15) is 19.4 Å². The third kappa shape index (κ3) is 2.44. The molecule has 66 valence electrons. The Bertz CT molecular complexity index is 248. The van der Waals surface area contributed by atoms with Crippen molar-refractivity contribution < 1.29 is 4.39 Å². The molecule has 0 aliphatic rings. The van der Waals surface area contributed by atoms with Crippen molar-refractivity contribution in [3.63, 3.8) is 0 Å². The summed E-state index contributed by atoms with van der Waals surface area (Å²) in [7, 11) is 0. The Balaban J connectivity index is 2.96.